The molecule has 11 heavy (non-hydrogen) atoms. The van der Waals surface area contributed by atoms with E-state index in [9.17, 15) is 4.39 Å². The van der Waals surface area contributed by atoms with Crippen molar-refractivity contribution in [2.75, 3.05) is 0 Å². The maximum atomic E-state index is 12.8. The van der Waals surface area contributed by atoms with Crippen LogP contribution in [0.5, 0.6) is 0 Å². The second kappa shape index (κ2) is 3.02. The van der Waals surface area contributed by atoms with Crippen LogP contribution in [0.3, 0.4) is 0 Å². The summed E-state index contributed by atoms with van der Waals surface area (Å²) in [6.07, 6.45) is 0. The molecule has 0 saturated carbocycles. The molecule has 1 rings (SSSR count). The van der Waals surface area contributed by atoms with E-state index in [1.807, 2.05) is 6.07 Å². The normalized spacial score (nSPS) is 9.27. The van der Waals surface area contributed by atoms with Gasteiger partial charge in [-0.2, -0.15) is 5.26 Å². The van der Waals surface area contributed by atoms with Gasteiger partial charge in [-0.25, -0.2) is 4.39 Å². The fourth-order valence-corrected chi connectivity index (χ4v) is 1.19. The van der Waals surface area contributed by atoms with Crippen LogP contribution in [0.15, 0.2) is 16.6 Å². The summed E-state index contributed by atoms with van der Waals surface area (Å²) < 4.78 is 13.4. The van der Waals surface area contributed by atoms with Gasteiger partial charge in [-0.05, 0) is 19.1 Å². The fourth-order valence-electron chi connectivity index (χ4n) is 0.762. The highest BCUT2D eigenvalue weighted by atomic mass is 79.9. The molecule has 0 aromatic heterocycles. The highest BCUT2D eigenvalue weighted by molar-refractivity contribution is 9.10. The number of nitriles is 1. The molecule has 0 unspecified atom stereocenters. The van der Waals surface area contributed by atoms with Crippen molar-refractivity contribution in [1.29, 1.82) is 5.26 Å². The fraction of sp³-hybridized carbons (Fsp3) is 0.125. The first kappa shape index (κ1) is 8.22. The van der Waals surface area contributed by atoms with Crippen LogP contribution in [0.25, 0.3) is 0 Å². The third kappa shape index (κ3) is 1.58. The Morgan fingerprint density at radius 1 is 1.55 bits per heavy atom. The Kier molecular flexibility index (Phi) is 2.25. The van der Waals surface area contributed by atoms with Crippen LogP contribution in [0.4, 0.5) is 4.39 Å². The van der Waals surface area contributed by atoms with Gasteiger partial charge in [0.05, 0.1) is 11.6 Å². The number of nitrogens with zero attached hydrogens (tertiary/aromatic N) is 1. The summed E-state index contributed by atoms with van der Waals surface area (Å²) in [5.74, 6) is -0.351. The van der Waals surface area contributed by atoms with Crippen molar-refractivity contribution in [2.24, 2.45) is 0 Å². The molecule has 56 valence electrons. The van der Waals surface area contributed by atoms with Crippen molar-refractivity contribution >= 4 is 15.9 Å². The van der Waals surface area contributed by atoms with Crippen LogP contribution in [0.1, 0.15) is 11.1 Å². The summed E-state index contributed by atoms with van der Waals surface area (Å²) in [5.41, 5.74) is 0.771. The van der Waals surface area contributed by atoms with E-state index in [0.29, 0.717) is 15.6 Å². The molecule has 0 N–H and O–H groups in total. The molecular formula is C8H5BrFN. The zero-order valence-electron chi connectivity index (χ0n) is 5.86. The van der Waals surface area contributed by atoms with Crippen LogP contribution in [-0.4, -0.2) is 0 Å². The standard InChI is InChI=1S/C8H5BrFN/c1-5-6(4-11)2-7(9)3-8(5)10/h2-3H,1H3. The minimum absolute atomic E-state index is 0.351. The Balaban J connectivity index is 3.39. The summed E-state index contributed by atoms with van der Waals surface area (Å²) in [4.78, 5) is 0. The number of rotatable bonds is 0. The van der Waals surface area contributed by atoms with E-state index in [2.05, 4.69) is 15.9 Å². The zero-order valence-corrected chi connectivity index (χ0v) is 7.44. The smallest absolute Gasteiger partial charge is 0.128 e. The number of hydrogen-bond acceptors (Lipinski definition) is 1. The minimum Gasteiger partial charge on any atom is -0.207 e. The van der Waals surface area contributed by atoms with E-state index in [1.54, 1.807) is 13.0 Å². The van der Waals surface area contributed by atoms with E-state index in [0.717, 1.165) is 0 Å². The largest absolute Gasteiger partial charge is 0.207 e. The number of benzene rings is 1. The molecule has 1 aromatic rings. The molecule has 0 fully saturated rings. The Hall–Kier alpha value is -0.880. The third-order valence-corrected chi connectivity index (χ3v) is 1.89. The SMILES string of the molecule is Cc1c(F)cc(Br)cc1C#N. The van der Waals surface area contributed by atoms with E-state index in [-0.39, 0.29) is 5.82 Å². The average molecular weight is 214 g/mol. The molecule has 0 aliphatic rings. The summed E-state index contributed by atoms with van der Waals surface area (Å²) in [6, 6.07) is 4.85. The monoisotopic (exact) mass is 213 g/mol. The van der Waals surface area contributed by atoms with Crippen molar-refractivity contribution in [2.45, 2.75) is 6.92 Å². The molecule has 3 heteroatoms. The molecule has 0 aliphatic carbocycles. The minimum atomic E-state index is -0.351. The lowest BCUT2D eigenvalue weighted by molar-refractivity contribution is 0.617. The summed E-state index contributed by atoms with van der Waals surface area (Å²) in [5, 5.41) is 8.53. The van der Waals surface area contributed by atoms with E-state index < -0.39 is 0 Å². The number of halogens is 2. The maximum absolute atomic E-state index is 12.8. The lowest BCUT2D eigenvalue weighted by Gasteiger charge is -1.98. The lowest BCUT2D eigenvalue weighted by atomic mass is 10.1. The van der Waals surface area contributed by atoms with Crippen molar-refractivity contribution in [3.8, 4) is 6.07 Å². The zero-order chi connectivity index (χ0) is 8.43. The first-order chi connectivity index (χ1) is 5.15. The second-order valence-electron chi connectivity index (χ2n) is 2.17. The molecule has 0 radical (unpaired) electrons. The highest BCUT2D eigenvalue weighted by Gasteiger charge is 2.04. The van der Waals surface area contributed by atoms with Crippen molar-refractivity contribution in [3.63, 3.8) is 0 Å². The maximum Gasteiger partial charge on any atom is 0.128 e. The van der Waals surface area contributed by atoms with Gasteiger partial charge in [0.1, 0.15) is 5.82 Å². The van der Waals surface area contributed by atoms with Gasteiger partial charge in [0.15, 0.2) is 0 Å². The summed E-state index contributed by atoms with van der Waals surface area (Å²) in [7, 11) is 0. The van der Waals surface area contributed by atoms with Crippen molar-refractivity contribution in [1.82, 2.24) is 0 Å². The van der Waals surface area contributed by atoms with Gasteiger partial charge >= 0.3 is 0 Å². The van der Waals surface area contributed by atoms with Gasteiger partial charge in [-0.15, -0.1) is 0 Å². The van der Waals surface area contributed by atoms with Gasteiger partial charge in [0.25, 0.3) is 0 Å². The second-order valence-corrected chi connectivity index (χ2v) is 3.09. The predicted octanol–water partition coefficient (Wildman–Crippen LogP) is 2.77. The Morgan fingerprint density at radius 2 is 2.18 bits per heavy atom. The van der Waals surface area contributed by atoms with Crippen LogP contribution < -0.4 is 0 Å². The van der Waals surface area contributed by atoms with E-state index in [4.69, 9.17) is 5.26 Å². The van der Waals surface area contributed by atoms with Gasteiger partial charge < -0.3 is 0 Å². The van der Waals surface area contributed by atoms with Crippen LogP contribution in [-0.2, 0) is 0 Å². The van der Waals surface area contributed by atoms with E-state index >= 15 is 0 Å². The first-order valence-electron chi connectivity index (χ1n) is 3.01. The molecule has 0 aliphatic heterocycles. The van der Waals surface area contributed by atoms with Crippen molar-refractivity contribution < 1.29 is 4.39 Å². The Labute approximate surface area is 72.6 Å². The van der Waals surface area contributed by atoms with E-state index in [1.165, 1.54) is 6.07 Å². The van der Waals surface area contributed by atoms with Gasteiger partial charge in [0, 0.05) is 10.0 Å². The van der Waals surface area contributed by atoms with Crippen LogP contribution in [0, 0.1) is 24.1 Å². The molecule has 1 nitrogen and oxygen atoms in total. The Morgan fingerprint density at radius 3 is 2.73 bits per heavy atom. The lowest BCUT2D eigenvalue weighted by Crippen LogP contribution is -1.87. The van der Waals surface area contributed by atoms with Gasteiger partial charge in [-0.1, -0.05) is 15.9 Å². The predicted molar refractivity (Wildman–Crippen MR) is 43.6 cm³/mol. The first-order valence-corrected chi connectivity index (χ1v) is 3.80. The average Bonchev–Trinajstić information content (AvgIpc) is 1.96. The molecule has 0 heterocycles. The number of hydrogen-bond donors (Lipinski definition) is 0. The molecular weight excluding hydrogens is 209 g/mol. The highest BCUT2D eigenvalue weighted by Crippen LogP contribution is 2.18. The van der Waals surface area contributed by atoms with Crippen molar-refractivity contribution in [3.05, 3.63) is 33.5 Å². The molecule has 1 aromatic carbocycles. The molecule has 0 amide bonds. The van der Waals surface area contributed by atoms with Gasteiger partial charge in [0.2, 0.25) is 0 Å². The summed E-state index contributed by atoms with van der Waals surface area (Å²) in [6.45, 7) is 1.58. The quantitative estimate of drug-likeness (QED) is 0.651. The Bertz CT molecular complexity index is 328. The molecule has 0 spiro atoms. The molecule has 0 atom stereocenters. The molecule has 0 saturated heterocycles. The van der Waals surface area contributed by atoms with Crippen LogP contribution in [0.2, 0.25) is 0 Å². The van der Waals surface area contributed by atoms with Crippen LogP contribution >= 0.6 is 15.9 Å². The third-order valence-electron chi connectivity index (χ3n) is 1.43. The molecule has 0 bridgehead atoms. The van der Waals surface area contributed by atoms with Gasteiger partial charge in [-0.3, -0.25) is 0 Å². The summed E-state index contributed by atoms with van der Waals surface area (Å²) >= 11 is 3.10. The topological polar surface area (TPSA) is 23.8 Å².